The van der Waals surface area contributed by atoms with E-state index in [1.807, 2.05) is 6.08 Å². The first kappa shape index (κ1) is 22.7. The quantitative estimate of drug-likeness (QED) is 0.437. The van der Waals surface area contributed by atoms with Gasteiger partial charge in [0.15, 0.2) is 0 Å². The molecule has 0 spiro atoms. The first-order valence-electron chi connectivity index (χ1n) is 12.2. The fourth-order valence-electron chi connectivity index (χ4n) is 9.45. The van der Waals surface area contributed by atoms with Crippen molar-refractivity contribution in [2.75, 3.05) is 0 Å². The van der Waals surface area contributed by atoms with Gasteiger partial charge in [0.1, 0.15) is 18.7 Å². The Morgan fingerprint density at radius 2 is 1.68 bits per heavy atom. The van der Waals surface area contributed by atoms with Gasteiger partial charge in [-0.1, -0.05) is 47.1 Å². The van der Waals surface area contributed by atoms with Gasteiger partial charge in [-0.25, -0.2) is 0 Å². The summed E-state index contributed by atoms with van der Waals surface area (Å²) in [4.78, 5) is 36.3. The van der Waals surface area contributed by atoms with Crippen molar-refractivity contribution in [2.24, 2.45) is 45.3 Å². The van der Waals surface area contributed by atoms with E-state index in [4.69, 9.17) is 4.74 Å². The SMILES string of the molecule is CC(=O)OC1CC2[C@@]3(C)CCCC(C)(C)C3CC[C@@]2(C)C2CC=C(C=O)[C@H](C=O)[C@@]12C. The molecule has 4 heteroatoms. The van der Waals surface area contributed by atoms with Gasteiger partial charge in [0.2, 0.25) is 0 Å². The van der Waals surface area contributed by atoms with Crippen molar-refractivity contribution in [2.45, 2.75) is 92.6 Å². The maximum Gasteiger partial charge on any atom is 0.302 e. The molecule has 172 valence electrons. The summed E-state index contributed by atoms with van der Waals surface area (Å²) in [6.45, 7) is 13.4. The molecule has 4 nitrogen and oxygen atoms in total. The van der Waals surface area contributed by atoms with E-state index in [0.29, 0.717) is 22.8 Å². The van der Waals surface area contributed by atoms with E-state index >= 15 is 0 Å². The minimum absolute atomic E-state index is 0.0657. The zero-order valence-corrected chi connectivity index (χ0v) is 20.2. The second-order valence-corrected chi connectivity index (χ2v) is 12.4. The van der Waals surface area contributed by atoms with Crippen molar-refractivity contribution >= 4 is 18.5 Å². The van der Waals surface area contributed by atoms with Crippen LogP contribution in [0.25, 0.3) is 0 Å². The second-order valence-electron chi connectivity index (χ2n) is 12.4. The zero-order chi connectivity index (χ0) is 22.8. The summed E-state index contributed by atoms with van der Waals surface area (Å²) in [6.07, 6.45) is 11.1. The summed E-state index contributed by atoms with van der Waals surface area (Å²) in [5, 5.41) is 0. The molecule has 0 bridgehead atoms. The minimum atomic E-state index is -0.545. The second kappa shape index (κ2) is 7.28. The fraction of sp³-hybridized carbons (Fsp3) is 0.815. The smallest absolute Gasteiger partial charge is 0.302 e. The van der Waals surface area contributed by atoms with Gasteiger partial charge in [0.25, 0.3) is 0 Å². The number of esters is 1. The largest absolute Gasteiger partial charge is 0.462 e. The lowest BCUT2D eigenvalue weighted by Crippen LogP contribution is -2.67. The van der Waals surface area contributed by atoms with Crippen molar-refractivity contribution < 1.29 is 19.1 Å². The normalized spacial score (nSPS) is 48.3. The standard InChI is InChI=1S/C27H40O4/c1-17(30)31-23-14-22-25(4)12-7-11-24(2,3)20(25)10-13-26(22,5)21-9-8-18(15-28)19(16-29)27(21,23)6/h8,15-16,19-23H,7,9-14H2,1-6H3/t19-,20?,21?,22?,23?,25-,26-,27+/m0/s1. The molecule has 0 aromatic heterocycles. The molecule has 0 saturated heterocycles. The molecular formula is C27H40O4. The summed E-state index contributed by atoms with van der Waals surface area (Å²) in [5.41, 5.74) is 0.619. The van der Waals surface area contributed by atoms with E-state index in [1.54, 1.807) is 0 Å². The summed E-state index contributed by atoms with van der Waals surface area (Å²) in [5.74, 6) is 0.519. The van der Waals surface area contributed by atoms with Crippen LogP contribution >= 0.6 is 0 Å². The van der Waals surface area contributed by atoms with Crippen molar-refractivity contribution in [3.8, 4) is 0 Å². The topological polar surface area (TPSA) is 60.4 Å². The van der Waals surface area contributed by atoms with Crippen molar-refractivity contribution in [3.05, 3.63) is 11.6 Å². The van der Waals surface area contributed by atoms with Crippen LogP contribution in [-0.2, 0) is 19.1 Å². The Balaban J connectivity index is 1.85. The predicted octanol–water partition coefficient (Wildman–Crippen LogP) is 5.54. The van der Waals surface area contributed by atoms with Crippen LogP contribution in [0.4, 0.5) is 0 Å². The van der Waals surface area contributed by atoms with E-state index in [1.165, 1.54) is 32.6 Å². The Bertz CT molecular complexity index is 812. The fourth-order valence-corrected chi connectivity index (χ4v) is 9.45. The van der Waals surface area contributed by atoms with E-state index in [2.05, 4.69) is 34.6 Å². The molecule has 0 heterocycles. The number of fused-ring (bicyclic) bond motifs is 5. The van der Waals surface area contributed by atoms with Gasteiger partial charge in [-0.05, 0) is 78.1 Å². The van der Waals surface area contributed by atoms with Crippen LogP contribution in [0.3, 0.4) is 0 Å². The Morgan fingerprint density at radius 3 is 2.29 bits per heavy atom. The number of hydrogen-bond donors (Lipinski definition) is 0. The highest BCUT2D eigenvalue weighted by atomic mass is 16.5. The maximum absolute atomic E-state index is 12.3. The van der Waals surface area contributed by atoms with Crippen LogP contribution in [0.15, 0.2) is 11.6 Å². The van der Waals surface area contributed by atoms with Gasteiger partial charge < -0.3 is 9.53 Å². The van der Waals surface area contributed by atoms with Crippen LogP contribution < -0.4 is 0 Å². The molecule has 3 fully saturated rings. The molecule has 4 aliphatic carbocycles. The molecule has 0 aromatic rings. The number of allylic oxidation sites excluding steroid dienone is 2. The van der Waals surface area contributed by atoms with Crippen molar-refractivity contribution in [1.29, 1.82) is 0 Å². The highest BCUT2D eigenvalue weighted by molar-refractivity contribution is 5.82. The lowest BCUT2D eigenvalue weighted by Gasteiger charge is -2.70. The lowest BCUT2D eigenvalue weighted by atomic mass is 9.35. The molecule has 3 saturated carbocycles. The average molecular weight is 429 g/mol. The van der Waals surface area contributed by atoms with Crippen molar-refractivity contribution in [3.63, 3.8) is 0 Å². The number of rotatable bonds is 3. The molecule has 0 N–H and O–H groups in total. The Labute approximate surface area is 187 Å². The van der Waals surface area contributed by atoms with E-state index < -0.39 is 11.3 Å². The first-order chi connectivity index (χ1) is 14.4. The number of ether oxygens (including phenoxy) is 1. The number of carbonyl (C=O) groups is 3. The highest BCUT2D eigenvalue weighted by Crippen LogP contribution is 2.73. The molecule has 4 rings (SSSR count). The Kier molecular flexibility index (Phi) is 5.34. The number of hydrogen-bond acceptors (Lipinski definition) is 4. The molecule has 8 atom stereocenters. The summed E-state index contributed by atoms with van der Waals surface area (Å²) >= 11 is 0. The maximum atomic E-state index is 12.3. The first-order valence-corrected chi connectivity index (χ1v) is 12.2. The van der Waals surface area contributed by atoms with Crippen LogP contribution in [0, 0.1) is 45.3 Å². The van der Waals surface area contributed by atoms with E-state index in [9.17, 15) is 14.4 Å². The van der Waals surface area contributed by atoms with E-state index in [0.717, 1.165) is 31.8 Å². The Morgan fingerprint density at radius 1 is 1.00 bits per heavy atom. The van der Waals surface area contributed by atoms with Gasteiger partial charge in [0.05, 0.1) is 5.92 Å². The Hall–Kier alpha value is -1.45. The lowest BCUT2D eigenvalue weighted by molar-refractivity contribution is -0.238. The van der Waals surface area contributed by atoms with Gasteiger partial charge in [0, 0.05) is 12.3 Å². The molecule has 0 aliphatic heterocycles. The van der Waals surface area contributed by atoms with Crippen molar-refractivity contribution in [1.82, 2.24) is 0 Å². The molecule has 4 unspecified atom stereocenters. The molecule has 31 heavy (non-hydrogen) atoms. The van der Waals surface area contributed by atoms with Crippen LogP contribution in [0.5, 0.6) is 0 Å². The minimum Gasteiger partial charge on any atom is -0.462 e. The number of carbonyl (C=O) groups excluding carboxylic acids is 3. The highest BCUT2D eigenvalue weighted by Gasteiger charge is 2.68. The molecule has 0 radical (unpaired) electrons. The third-order valence-corrected chi connectivity index (χ3v) is 10.7. The zero-order valence-electron chi connectivity index (χ0n) is 20.2. The predicted molar refractivity (Wildman–Crippen MR) is 120 cm³/mol. The molecule has 4 aliphatic rings. The molecule has 0 aromatic carbocycles. The molecule has 0 amide bonds. The van der Waals surface area contributed by atoms with Crippen LogP contribution in [-0.4, -0.2) is 24.6 Å². The monoisotopic (exact) mass is 428 g/mol. The molecular weight excluding hydrogens is 388 g/mol. The van der Waals surface area contributed by atoms with Gasteiger partial charge in [-0.2, -0.15) is 0 Å². The van der Waals surface area contributed by atoms with Gasteiger partial charge >= 0.3 is 5.97 Å². The summed E-state index contributed by atoms with van der Waals surface area (Å²) < 4.78 is 6.02. The van der Waals surface area contributed by atoms with Crippen LogP contribution in [0.2, 0.25) is 0 Å². The summed E-state index contributed by atoms with van der Waals surface area (Å²) in [6, 6.07) is 0. The summed E-state index contributed by atoms with van der Waals surface area (Å²) in [7, 11) is 0. The third-order valence-electron chi connectivity index (χ3n) is 10.7. The van der Waals surface area contributed by atoms with Gasteiger partial charge in [-0.15, -0.1) is 0 Å². The average Bonchev–Trinajstić information content (AvgIpc) is 2.67. The van der Waals surface area contributed by atoms with Gasteiger partial charge in [-0.3, -0.25) is 9.59 Å². The third kappa shape index (κ3) is 3.03. The van der Waals surface area contributed by atoms with Crippen LogP contribution in [0.1, 0.15) is 86.5 Å². The van der Waals surface area contributed by atoms with E-state index in [-0.39, 0.29) is 28.8 Å². The number of aldehydes is 2.